The molecule has 4 nitrogen and oxygen atoms in total. The highest BCUT2D eigenvalue weighted by Crippen LogP contribution is 2.30. The second kappa shape index (κ2) is 5.31. The highest BCUT2D eigenvalue weighted by Gasteiger charge is 2.24. The number of nitrogens with zero attached hydrogens (tertiary/aromatic N) is 1. The van der Waals surface area contributed by atoms with Crippen molar-refractivity contribution in [3.05, 3.63) is 31.6 Å². The molecule has 1 N–H and O–H groups in total. The first kappa shape index (κ1) is 13.4. The molecule has 1 aliphatic rings. The Hall–Kier alpha value is -1.03. The van der Waals surface area contributed by atoms with E-state index >= 15 is 0 Å². The molecule has 0 aliphatic heterocycles. The Labute approximate surface area is 111 Å². The van der Waals surface area contributed by atoms with Gasteiger partial charge in [-0.1, -0.05) is 38.3 Å². The molecule has 2 unspecified atom stereocenters. The van der Waals surface area contributed by atoms with E-state index in [1.165, 1.54) is 11.0 Å². The van der Waals surface area contributed by atoms with Gasteiger partial charge in [0, 0.05) is 6.04 Å². The van der Waals surface area contributed by atoms with Gasteiger partial charge in [0.15, 0.2) is 0 Å². The fourth-order valence-corrected chi connectivity index (χ4v) is 3.13. The SMILES string of the molecule is CCc1c(Cl)[nH]c(=O)n(C2CCCC(C)C2)c1=O. The first-order valence-corrected chi connectivity index (χ1v) is 6.95. The monoisotopic (exact) mass is 270 g/mol. The van der Waals surface area contributed by atoms with E-state index in [0.717, 1.165) is 19.3 Å². The first-order valence-electron chi connectivity index (χ1n) is 6.57. The van der Waals surface area contributed by atoms with E-state index < -0.39 is 0 Å². The second-order valence-corrected chi connectivity index (χ2v) is 5.55. The highest BCUT2D eigenvalue weighted by atomic mass is 35.5. The van der Waals surface area contributed by atoms with E-state index in [4.69, 9.17) is 11.6 Å². The Kier molecular flexibility index (Phi) is 3.95. The van der Waals surface area contributed by atoms with Gasteiger partial charge in [-0.15, -0.1) is 0 Å². The third-order valence-corrected chi connectivity index (χ3v) is 4.13. The standard InChI is InChI=1S/C13H19ClN2O2/c1-3-10-11(14)15-13(18)16(12(10)17)9-6-4-5-8(2)7-9/h8-9H,3-7H2,1-2H3,(H,15,18). The number of aromatic nitrogens is 2. The summed E-state index contributed by atoms with van der Waals surface area (Å²) in [5.41, 5.74) is -0.0823. The van der Waals surface area contributed by atoms with E-state index in [1.807, 2.05) is 6.92 Å². The van der Waals surface area contributed by atoms with E-state index in [0.29, 0.717) is 17.9 Å². The van der Waals surface area contributed by atoms with Crippen LogP contribution in [0.1, 0.15) is 51.1 Å². The number of H-pyrrole nitrogens is 1. The van der Waals surface area contributed by atoms with E-state index in [-0.39, 0.29) is 22.4 Å². The topological polar surface area (TPSA) is 54.9 Å². The van der Waals surface area contributed by atoms with Crippen LogP contribution in [0.5, 0.6) is 0 Å². The minimum atomic E-state index is -0.374. The number of halogens is 1. The van der Waals surface area contributed by atoms with Gasteiger partial charge in [0.05, 0.1) is 5.56 Å². The van der Waals surface area contributed by atoms with Gasteiger partial charge >= 0.3 is 5.69 Å². The number of aromatic amines is 1. The predicted molar refractivity (Wildman–Crippen MR) is 72.4 cm³/mol. The van der Waals surface area contributed by atoms with Gasteiger partial charge in [-0.25, -0.2) is 4.79 Å². The number of hydrogen-bond donors (Lipinski definition) is 1. The fraction of sp³-hybridized carbons (Fsp3) is 0.692. The van der Waals surface area contributed by atoms with Crippen LogP contribution in [0, 0.1) is 5.92 Å². The Morgan fingerprint density at radius 1 is 1.39 bits per heavy atom. The summed E-state index contributed by atoms with van der Waals surface area (Å²) in [5, 5.41) is 0.188. The van der Waals surface area contributed by atoms with Crippen molar-refractivity contribution in [2.45, 2.75) is 52.0 Å². The van der Waals surface area contributed by atoms with Crippen molar-refractivity contribution in [1.82, 2.24) is 9.55 Å². The molecule has 1 fully saturated rings. The number of hydrogen-bond acceptors (Lipinski definition) is 2. The largest absolute Gasteiger partial charge is 0.329 e. The summed E-state index contributed by atoms with van der Waals surface area (Å²) in [7, 11) is 0. The number of rotatable bonds is 2. The molecule has 5 heteroatoms. The molecule has 100 valence electrons. The maximum Gasteiger partial charge on any atom is 0.329 e. The van der Waals surface area contributed by atoms with Crippen molar-refractivity contribution in [2.75, 3.05) is 0 Å². The zero-order valence-corrected chi connectivity index (χ0v) is 11.6. The summed E-state index contributed by atoms with van der Waals surface area (Å²) >= 11 is 5.91. The first-order chi connectivity index (χ1) is 8.54. The summed E-state index contributed by atoms with van der Waals surface area (Å²) < 4.78 is 1.38. The van der Waals surface area contributed by atoms with Crippen molar-refractivity contribution < 1.29 is 0 Å². The molecule has 1 aliphatic carbocycles. The van der Waals surface area contributed by atoms with Crippen LogP contribution in [0.3, 0.4) is 0 Å². The maximum atomic E-state index is 12.3. The van der Waals surface area contributed by atoms with Crippen molar-refractivity contribution in [3.8, 4) is 0 Å². The molecule has 1 aromatic heterocycles. The van der Waals surface area contributed by atoms with Gasteiger partial charge < -0.3 is 0 Å². The van der Waals surface area contributed by atoms with Gasteiger partial charge in [0.25, 0.3) is 5.56 Å². The normalized spacial score (nSPS) is 24.2. The van der Waals surface area contributed by atoms with Crippen LogP contribution in [0.4, 0.5) is 0 Å². The molecule has 1 aromatic rings. The Morgan fingerprint density at radius 2 is 2.11 bits per heavy atom. The summed E-state index contributed by atoms with van der Waals surface area (Å²) in [5.74, 6) is 0.566. The smallest absolute Gasteiger partial charge is 0.297 e. The lowest BCUT2D eigenvalue weighted by molar-refractivity contribution is 0.271. The van der Waals surface area contributed by atoms with Gasteiger partial charge in [0.2, 0.25) is 0 Å². The van der Waals surface area contributed by atoms with E-state index in [9.17, 15) is 9.59 Å². The van der Waals surface area contributed by atoms with Crippen LogP contribution < -0.4 is 11.2 Å². The van der Waals surface area contributed by atoms with Crippen LogP contribution in [0.25, 0.3) is 0 Å². The second-order valence-electron chi connectivity index (χ2n) is 5.18. The predicted octanol–water partition coefficient (Wildman–Crippen LogP) is 2.50. The highest BCUT2D eigenvalue weighted by molar-refractivity contribution is 6.30. The summed E-state index contributed by atoms with van der Waals surface area (Å²) in [6, 6.07) is 0.0209. The third-order valence-electron chi connectivity index (χ3n) is 3.80. The Balaban J connectivity index is 2.50. The molecule has 0 aromatic carbocycles. The molecule has 0 amide bonds. The van der Waals surface area contributed by atoms with Gasteiger partial charge in [-0.2, -0.15) is 0 Å². The van der Waals surface area contributed by atoms with Crippen molar-refractivity contribution in [2.24, 2.45) is 5.92 Å². The molecular weight excluding hydrogens is 252 g/mol. The molecule has 1 heterocycles. The molecule has 0 spiro atoms. The lowest BCUT2D eigenvalue weighted by Gasteiger charge is -2.27. The summed E-state index contributed by atoms with van der Waals surface area (Å²) in [6.07, 6.45) is 4.59. The van der Waals surface area contributed by atoms with Gasteiger partial charge in [0.1, 0.15) is 5.15 Å². The fourth-order valence-electron chi connectivity index (χ4n) is 2.84. The average molecular weight is 271 g/mol. The summed E-state index contributed by atoms with van der Waals surface area (Å²) in [6.45, 7) is 4.04. The molecule has 0 saturated heterocycles. The Morgan fingerprint density at radius 3 is 2.72 bits per heavy atom. The molecular formula is C13H19ClN2O2. The van der Waals surface area contributed by atoms with Gasteiger partial charge in [-0.05, 0) is 25.2 Å². The van der Waals surface area contributed by atoms with Crippen molar-refractivity contribution >= 4 is 11.6 Å². The lowest BCUT2D eigenvalue weighted by Crippen LogP contribution is -2.41. The van der Waals surface area contributed by atoms with Crippen LogP contribution >= 0.6 is 11.6 Å². The van der Waals surface area contributed by atoms with Gasteiger partial charge in [-0.3, -0.25) is 14.3 Å². The Bertz CT molecular complexity index is 547. The van der Waals surface area contributed by atoms with Crippen LogP contribution in [0.15, 0.2) is 9.59 Å². The molecule has 2 atom stereocenters. The summed E-state index contributed by atoms with van der Waals surface area (Å²) in [4.78, 5) is 26.8. The maximum absolute atomic E-state index is 12.3. The molecule has 0 bridgehead atoms. The molecule has 0 radical (unpaired) electrons. The van der Waals surface area contributed by atoms with Crippen LogP contribution in [-0.2, 0) is 6.42 Å². The van der Waals surface area contributed by atoms with Crippen LogP contribution in [-0.4, -0.2) is 9.55 Å². The minimum absolute atomic E-state index is 0.0209. The lowest BCUT2D eigenvalue weighted by atomic mass is 9.87. The van der Waals surface area contributed by atoms with Crippen LogP contribution in [0.2, 0.25) is 5.15 Å². The third kappa shape index (κ3) is 2.39. The molecule has 1 saturated carbocycles. The zero-order valence-electron chi connectivity index (χ0n) is 10.8. The van der Waals surface area contributed by atoms with E-state index in [2.05, 4.69) is 11.9 Å². The molecule has 2 rings (SSSR count). The zero-order chi connectivity index (χ0) is 13.3. The van der Waals surface area contributed by atoms with Crippen molar-refractivity contribution in [3.63, 3.8) is 0 Å². The van der Waals surface area contributed by atoms with Crippen molar-refractivity contribution in [1.29, 1.82) is 0 Å². The minimum Gasteiger partial charge on any atom is -0.297 e. The quantitative estimate of drug-likeness (QED) is 0.840. The number of nitrogens with one attached hydrogen (secondary N) is 1. The average Bonchev–Trinajstić information content (AvgIpc) is 2.28. The molecule has 18 heavy (non-hydrogen) atoms. The van der Waals surface area contributed by atoms with E-state index in [1.54, 1.807) is 0 Å².